The third-order valence-electron chi connectivity index (χ3n) is 2.80. The molecule has 0 spiro atoms. The zero-order valence-electron chi connectivity index (χ0n) is 12.1. The molecule has 0 heterocycles. The molecule has 0 radical (unpaired) electrons. The van der Waals surface area contributed by atoms with Crippen molar-refractivity contribution in [1.29, 1.82) is 0 Å². The van der Waals surface area contributed by atoms with Crippen LogP contribution in [-0.2, 0) is 9.53 Å². The van der Waals surface area contributed by atoms with Gasteiger partial charge in [0, 0.05) is 6.42 Å². The fourth-order valence-corrected chi connectivity index (χ4v) is 1.91. The molecule has 20 heavy (non-hydrogen) atoms. The van der Waals surface area contributed by atoms with Crippen LogP contribution in [0.4, 0.5) is 8.78 Å². The molecule has 1 aromatic rings. The van der Waals surface area contributed by atoms with Crippen molar-refractivity contribution in [2.75, 3.05) is 6.54 Å². The summed E-state index contributed by atoms with van der Waals surface area (Å²) < 4.78 is 32.0. The maximum absolute atomic E-state index is 13.7. The molecule has 112 valence electrons. The predicted octanol–water partition coefficient (Wildman–Crippen LogP) is 3.13. The molecule has 2 N–H and O–H groups in total. The molecule has 1 atom stereocenters. The first-order chi connectivity index (χ1) is 9.23. The van der Waals surface area contributed by atoms with Crippen molar-refractivity contribution in [3.05, 3.63) is 35.4 Å². The van der Waals surface area contributed by atoms with Gasteiger partial charge in [-0.05, 0) is 63.4 Å². The van der Waals surface area contributed by atoms with Crippen molar-refractivity contribution in [1.82, 2.24) is 0 Å². The van der Waals surface area contributed by atoms with E-state index in [1.54, 1.807) is 20.8 Å². The second-order valence-electron chi connectivity index (χ2n) is 5.72. The van der Waals surface area contributed by atoms with Gasteiger partial charge in [-0.15, -0.1) is 0 Å². The highest BCUT2D eigenvalue weighted by Crippen LogP contribution is 2.24. The van der Waals surface area contributed by atoms with Gasteiger partial charge in [0.15, 0.2) is 0 Å². The second kappa shape index (κ2) is 6.79. The summed E-state index contributed by atoms with van der Waals surface area (Å²) in [4.78, 5) is 11.6. The van der Waals surface area contributed by atoms with Crippen molar-refractivity contribution >= 4 is 5.97 Å². The number of ether oxygens (including phenoxy) is 1. The number of nitrogens with two attached hydrogens (primary N) is 1. The highest BCUT2D eigenvalue weighted by molar-refractivity contribution is 5.69. The molecule has 0 bridgehead atoms. The Morgan fingerprint density at radius 2 is 2.00 bits per heavy atom. The Morgan fingerprint density at radius 1 is 1.35 bits per heavy atom. The van der Waals surface area contributed by atoms with Crippen LogP contribution in [0.15, 0.2) is 18.2 Å². The molecule has 0 aromatic heterocycles. The molecular formula is C15H21F2NO2. The van der Waals surface area contributed by atoms with Gasteiger partial charge in [0.25, 0.3) is 0 Å². The fourth-order valence-electron chi connectivity index (χ4n) is 1.91. The van der Waals surface area contributed by atoms with Crippen LogP contribution in [0.2, 0.25) is 0 Å². The normalized spacial score (nSPS) is 13.1. The fraction of sp³-hybridized carbons (Fsp3) is 0.533. The molecule has 0 saturated heterocycles. The Kier molecular flexibility index (Phi) is 5.62. The van der Waals surface area contributed by atoms with Gasteiger partial charge in [-0.25, -0.2) is 8.78 Å². The van der Waals surface area contributed by atoms with E-state index in [4.69, 9.17) is 10.5 Å². The van der Waals surface area contributed by atoms with E-state index < -0.39 is 23.2 Å². The summed E-state index contributed by atoms with van der Waals surface area (Å²) in [5.41, 5.74) is 5.24. The van der Waals surface area contributed by atoms with Gasteiger partial charge in [-0.1, -0.05) is 0 Å². The van der Waals surface area contributed by atoms with Gasteiger partial charge in [0.2, 0.25) is 0 Å². The average molecular weight is 285 g/mol. The van der Waals surface area contributed by atoms with Crippen LogP contribution < -0.4 is 5.73 Å². The minimum Gasteiger partial charge on any atom is -0.460 e. The van der Waals surface area contributed by atoms with Gasteiger partial charge in [0.05, 0.1) is 0 Å². The molecule has 0 fully saturated rings. The lowest BCUT2D eigenvalue weighted by Gasteiger charge is -2.21. The first-order valence-corrected chi connectivity index (χ1v) is 6.60. The van der Waals surface area contributed by atoms with E-state index in [1.807, 2.05) is 0 Å². The lowest BCUT2D eigenvalue weighted by Crippen LogP contribution is -2.24. The van der Waals surface area contributed by atoms with Crippen LogP contribution >= 0.6 is 0 Å². The third kappa shape index (κ3) is 5.25. The van der Waals surface area contributed by atoms with Crippen molar-refractivity contribution in [2.24, 2.45) is 5.73 Å². The van der Waals surface area contributed by atoms with Gasteiger partial charge in [0.1, 0.15) is 17.2 Å². The Hall–Kier alpha value is -1.49. The number of halogens is 2. The van der Waals surface area contributed by atoms with Crippen LogP contribution in [0.3, 0.4) is 0 Å². The lowest BCUT2D eigenvalue weighted by molar-refractivity contribution is -0.155. The van der Waals surface area contributed by atoms with Crippen molar-refractivity contribution < 1.29 is 18.3 Å². The molecule has 1 unspecified atom stereocenters. The van der Waals surface area contributed by atoms with E-state index in [-0.39, 0.29) is 24.5 Å². The number of carbonyl (C=O) groups is 1. The maximum Gasteiger partial charge on any atom is 0.306 e. The Bertz CT molecular complexity index is 469. The number of carbonyl (C=O) groups excluding carboxylic acids is 1. The van der Waals surface area contributed by atoms with Gasteiger partial charge >= 0.3 is 5.97 Å². The standard InChI is InChI=1S/C15H21F2NO2/c1-15(2,3)20-14(19)7-4-10(9-18)12-8-11(16)5-6-13(12)17/h5-6,8,10H,4,7,9,18H2,1-3H3. The molecule has 1 aromatic carbocycles. The summed E-state index contributed by atoms with van der Waals surface area (Å²) in [6, 6.07) is 3.25. The number of rotatable bonds is 5. The minimum atomic E-state index is -0.556. The molecule has 1 rings (SSSR count). The molecule has 5 heteroatoms. The van der Waals surface area contributed by atoms with Crippen molar-refractivity contribution in [3.8, 4) is 0 Å². The zero-order chi connectivity index (χ0) is 15.3. The summed E-state index contributed by atoms with van der Waals surface area (Å²) in [7, 11) is 0. The van der Waals surface area contributed by atoms with E-state index in [0.717, 1.165) is 18.2 Å². The number of hydrogen-bond donors (Lipinski definition) is 1. The smallest absolute Gasteiger partial charge is 0.306 e. The summed E-state index contributed by atoms with van der Waals surface area (Å²) in [6.45, 7) is 5.47. The van der Waals surface area contributed by atoms with Crippen molar-refractivity contribution in [3.63, 3.8) is 0 Å². The molecule has 0 aliphatic heterocycles. The first-order valence-electron chi connectivity index (χ1n) is 6.60. The van der Waals surface area contributed by atoms with Crippen LogP contribution in [0.5, 0.6) is 0 Å². The Labute approximate surface area is 118 Å². The van der Waals surface area contributed by atoms with Gasteiger partial charge < -0.3 is 10.5 Å². The van der Waals surface area contributed by atoms with Crippen LogP contribution in [-0.4, -0.2) is 18.1 Å². The minimum absolute atomic E-state index is 0.120. The van der Waals surface area contributed by atoms with E-state index in [0.29, 0.717) is 6.42 Å². The maximum atomic E-state index is 13.7. The lowest BCUT2D eigenvalue weighted by atomic mass is 9.93. The molecule has 0 saturated carbocycles. The van der Waals surface area contributed by atoms with E-state index in [9.17, 15) is 13.6 Å². The third-order valence-corrected chi connectivity index (χ3v) is 2.80. The Morgan fingerprint density at radius 3 is 2.55 bits per heavy atom. The SMILES string of the molecule is CC(C)(C)OC(=O)CCC(CN)c1cc(F)ccc1F. The van der Waals surface area contributed by atoms with Gasteiger partial charge in [-0.2, -0.15) is 0 Å². The first kappa shape index (κ1) is 16.6. The van der Waals surface area contributed by atoms with E-state index >= 15 is 0 Å². The highest BCUT2D eigenvalue weighted by Gasteiger charge is 2.20. The van der Waals surface area contributed by atoms with Crippen LogP contribution in [0, 0.1) is 11.6 Å². The quantitative estimate of drug-likeness (QED) is 0.846. The van der Waals surface area contributed by atoms with Crippen molar-refractivity contribution in [2.45, 2.75) is 45.1 Å². The molecule has 0 aliphatic carbocycles. The summed E-state index contributed by atoms with van der Waals surface area (Å²) in [6.07, 6.45) is 0.445. The number of benzene rings is 1. The Balaban J connectivity index is 2.68. The number of esters is 1. The molecule has 0 amide bonds. The monoisotopic (exact) mass is 285 g/mol. The zero-order valence-corrected chi connectivity index (χ0v) is 12.1. The number of hydrogen-bond acceptors (Lipinski definition) is 3. The summed E-state index contributed by atoms with van der Waals surface area (Å²) >= 11 is 0. The summed E-state index contributed by atoms with van der Waals surface area (Å²) in [5, 5.41) is 0. The largest absolute Gasteiger partial charge is 0.460 e. The van der Waals surface area contributed by atoms with E-state index in [1.165, 1.54) is 0 Å². The summed E-state index contributed by atoms with van der Waals surface area (Å²) in [5.74, 6) is -1.80. The van der Waals surface area contributed by atoms with Gasteiger partial charge in [-0.3, -0.25) is 4.79 Å². The van der Waals surface area contributed by atoms with Crippen LogP contribution in [0.1, 0.15) is 45.1 Å². The second-order valence-corrected chi connectivity index (χ2v) is 5.72. The molecular weight excluding hydrogens is 264 g/mol. The van der Waals surface area contributed by atoms with Crippen LogP contribution in [0.25, 0.3) is 0 Å². The predicted molar refractivity (Wildman–Crippen MR) is 73.2 cm³/mol. The topological polar surface area (TPSA) is 52.3 Å². The molecule has 3 nitrogen and oxygen atoms in total. The average Bonchev–Trinajstić information content (AvgIpc) is 2.32. The highest BCUT2D eigenvalue weighted by atomic mass is 19.1. The van der Waals surface area contributed by atoms with E-state index in [2.05, 4.69) is 0 Å². The molecule has 0 aliphatic rings.